The molecule has 2 N–H and O–H groups in total. The minimum absolute atomic E-state index is 0.126. The van der Waals surface area contributed by atoms with Crippen LogP contribution in [0.5, 0.6) is 28.7 Å². The first kappa shape index (κ1) is 23.0. The molecule has 0 radical (unpaired) electrons. The summed E-state index contributed by atoms with van der Waals surface area (Å²) in [7, 11) is 4.52. The number of fused-ring (bicyclic) bond motifs is 1. The highest BCUT2D eigenvalue weighted by atomic mass is 16.5. The molecule has 3 rings (SSSR count). The Morgan fingerprint density at radius 1 is 1.12 bits per heavy atom. The van der Waals surface area contributed by atoms with Gasteiger partial charge in [0.15, 0.2) is 23.9 Å². The van der Waals surface area contributed by atoms with Gasteiger partial charge in [0.05, 0.1) is 33.5 Å². The maximum absolute atomic E-state index is 12.8. The van der Waals surface area contributed by atoms with Gasteiger partial charge in [-0.2, -0.15) is 0 Å². The van der Waals surface area contributed by atoms with Gasteiger partial charge in [0.25, 0.3) is 5.91 Å². The Balaban J connectivity index is 1.78. The average molecular weight is 443 g/mol. The first-order chi connectivity index (χ1) is 15.4. The number of carbonyl (C=O) groups excluding carboxylic acids is 2. The smallest absolute Gasteiger partial charge is 0.258 e. The number of ether oxygens (including phenoxy) is 5. The standard InChI is InChI=1S/C23H25NO8/c1-13(11-25)24-21(26)12-31-15-5-6-16-17(10-15)32-18(22(16)27)7-14-8-19(28-2)23(30-4)20(9-14)29-3/h5-10,13,25H,11-12H2,1-4H3,(H,24,26). The molecule has 9 heteroatoms. The molecule has 2 aromatic carbocycles. The Kier molecular flexibility index (Phi) is 7.21. The molecule has 1 atom stereocenters. The van der Waals surface area contributed by atoms with E-state index in [0.717, 1.165) is 0 Å². The van der Waals surface area contributed by atoms with Gasteiger partial charge in [0, 0.05) is 12.1 Å². The van der Waals surface area contributed by atoms with Gasteiger partial charge in [0.1, 0.15) is 11.5 Å². The number of allylic oxidation sites excluding steroid dienone is 1. The topological polar surface area (TPSA) is 113 Å². The molecule has 1 amide bonds. The van der Waals surface area contributed by atoms with E-state index in [-0.39, 0.29) is 36.7 Å². The quantitative estimate of drug-likeness (QED) is 0.568. The lowest BCUT2D eigenvalue weighted by molar-refractivity contribution is -0.124. The Bertz CT molecular complexity index is 1020. The Morgan fingerprint density at radius 3 is 2.41 bits per heavy atom. The third-order valence-electron chi connectivity index (χ3n) is 4.68. The molecule has 32 heavy (non-hydrogen) atoms. The van der Waals surface area contributed by atoms with Crippen LogP contribution in [0.4, 0.5) is 0 Å². The molecular weight excluding hydrogens is 418 g/mol. The number of aliphatic hydroxyl groups excluding tert-OH is 1. The van der Waals surface area contributed by atoms with Crippen molar-refractivity contribution in [1.82, 2.24) is 5.32 Å². The number of ketones is 1. The molecule has 0 fully saturated rings. The zero-order valence-electron chi connectivity index (χ0n) is 18.3. The average Bonchev–Trinajstić information content (AvgIpc) is 3.11. The maximum atomic E-state index is 12.8. The number of hydrogen-bond donors (Lipinski definition) is 2. The summed E-state index contributed by atoms with van der Waals surface area (Å²) in [5.41, 5.74) is 1.01. The van der Waals surface area contributed by atoms with E-state index in [1.54, 1.807) is 43.3 Å². The van der Waals surface area contributed by atoms with Gasteiger partial charge in [0.2, 0.25) is 11.5 Å². The normalized spacial score (nSPS) is 14.4. The van der Waals surface area contributed by atoms with Gasteiger partial charge in [-0.3, -0.25) is 9.59 Å². The summed E-state index contributed by atoms with van der Waals surface area (Å²) in [6, 6.07) is 7.76. The van der Waals surface area contributed by atoms with Crippen LogP contribution in [0.1, 0.15) is 22.8 Å². The molecule has 1 heterocycles. The van der Waals surface area contributed by atoms with Crippen molar-refractivity contribution in [2.75, 3.05) is 34.5 Å². The zero-order chi connectivity index (χ0) is 23.3. The fourth-order valence-corrected chi connectivity index (χ4v) is 3.10. The zero-order valence-corrected chi connectivity index (χ0v) is 18.3. The summed E-state index contributed by atoms with van der Waals surface area (Å²) in [6.45, 7) is 1.28. The largest absolute Gasteiger partial charge is 0.493 e. The summed E-state index contributed by atoms with van der Waals surface area (Å²) in [5.74, 6) is 1.52. The molecule has 170 valence electrons. The molecule has 0 bridgehead atoms. The Labute approximate surface area is 185 Å². The number of nitrogens with one attached hydrogen (secondary N) is 1. The van der Waals surface area contributed by atoms with Crippen LogP contribution in [0, 0.1) is 0 Å². The van der Waals surface area contributed by atoms with Gasteiger partial charge >= 0.3 is 0 Å². The molecular formula is C23H25NO8. The summed E-state index contributed by atoms with van der Waals surface area (Å²) in [4.78, 5) is 24.6. The molecule has 1 aliphatic heterocycles. The maximum Gasteiger partial charge on any atom is 0.258 e. The monoisotopic (exact) mass is 443 g/mol. The summed E-state index contributed by atoms with van der Waals surface area (Å²) in [6.07, 6.45) is 1.58. The van der Waals surface area contributed by atoms with Crippen molar-refractivity contribution >= 4 is 17.8 Å². The van der Waals surface area contributed by atoms with Crippen LogP contribution in [0.3, 0.4) is 0 Å². The van der Waals surface area contributed by atoms with Gasteiger partial charge in [-0.1, -0.05) is 0 Å². The third kappa shape index (κ3) is 4.94. The molecule has 0 spiro atoms. The molecule has 0 aliphatic carbocycles. The van der Waals surface area contributed by atoms with Crippen molar-refractivity contribution in [3.05, 3.63) is 47.2 Å². The van der Waals surface area contributed by atoms with Crippen molar-refractivity contribution in [3.63, 3.8) is 0 Å². The predicted octanol–water partition coefficient (Wildman–Crippen LogP) is 2.20. The molecule has 2 aromatic rings. The van der Waals surface area contributed by atoms with E-state index < -0.39 is 0 Å². The minimum atomic E-state index is -0.368. The lowest BCUT2D eigenvalue weighted by atomic mass is 10.1. The Hall–Kier alpha value is -3.72. The number of hydrogen-bond acceptors (Lipinski definition) is 8. The second kappa shape index (κ2) is 10.1. The van der Waals surface area contributed by atoms with E-state index in [0.29, 0.717) is 39.9 Å². The first-order valence-corrected chi connectivity index (χ1v) is 9.81. The van der Waals surface area contributed by atoms with E-state index in [1.807, 2.05) is 0 Å². The van der Waals surface area contributed by atoms with Crippen LogP contribution in [0.2, 0.25) is 0 Å². The summed E-state index contributed by atoms with van der Waals surface area (Å²) >= 11 is 0. The van der Waals surface area contributed by atoms with Crippen molar-refractivity contribution < 1.29 is 38.4 Å². The highest BCUT2D eigenvalue weighted by Gasteiger charge is 2.28. The van der Waals surface area contributed by atoms with Gasteiger partial charge in [-0.25, -0.2) is 0 Å². The van der Waals surface area contributed by atoms with Crippen LogP contribution in [-0.2, 0) is 4.79 Å². The van der Waals surface area contributed by atoms with Crippen LogP contribution in [0.25, 0.3) is 6.08 Å². The number of methoxy groups -OCH3 is 3. The van der Waals surface area contributed by atoms with Crippen LogP contribution in [-0.4, -0.2) is 57.4 Å². The fourth-order valence-electron chi connectivity index (χ4n) is 3.10. The summed E-state index contributed by atoms with van der Waals surface area (Å²) in [5, 5.41) is 11.6. The first-order valence-electron chi connectivity index (χ1n) is 9.81. The molecule has 0 saturated heterocycles. The number of rotatable bonds is 9. The van der Waals surface area contributed by atoms with Gasteiger partial charge < -0.3 is 34.1 Å². The van der Waals surface area contributed by atoms with Crippen molar-refractivity contribution in [2.24, 2.45) is 0 Å². The highest BCUT2D eigenvalue weighted by molar-refractivity contribution is 6.14. The SMILES string of the molecule is COc1cc(C=C2Oc3cc(OCC(=O)NC(C)CO)ccc3C2=O)cc(OC)c1OC. The minimum Gasteiger partial charge on any atom is -0.493 e. The Morgan fingerprint density at radius 2 is 1.81 bits per heavy atom. The van der Waals surface area contributed by atoms with Crippen LogP contribution < -0.4 is 29.0 Å². The lowest BCUT2D eigenvalue weighted by Crippen LogP contribution is -2.38. The molecule has 9 nitrogen and oxygen atoms in total. The molecule has 0 aromatic heterocycles. The van der Waals surface area contributed by atoms with E-state index >= 15 is 0 Å². The van der Waals surface area contributed by atoms with Crippen molar-refractivity contribution in [2.45, 2.75) is 13.0 Å². The van der Waals surface area contributed by atoms with Crippen LogP contribution in [0.15, 0.2) is 36.1 Å². The van der Waals surface area contributed by atoms with Crippen molar-refractivity contribution in [1.29, 1.82) is 0 Å². The second-order valence-corrected chi connectivity index (χ2v) is 7.00. The fraction of sp³-hybridized carbons (Fsp3) is 0.304. The number of benzene rings is 2. The van der Waals surface area contributed by atoms with E-state index in [9.17, 15) is 9.59 Å². The lowest BCUT2D eigenvalue weighted by Gasteiger charge is -2.13. The van der Waals surface area contributed by atoms with Gasteiger partial charge in [-0.15, -0.1) is 0 Å². The van der Waals surface area contributed by atoms with Crippen molar-refractivity contribution in [3.8, 4) is 28.7 Å². The predicted molar refractivity (Wildman–Crippen MR) is 116 cm³/mol. The molecule has 1 aliphatic rings. The number of carbonyl (C=O) groups is 2. The third-order valence-corrected chi connectivity index (χ3v) is 4.68. The van der Waals surface area contributed by atoms with E-state index in [2.05, 4.69) is 5.32 Å². The number of aliphatic hydroxyl groups is 1. The van der Waals surface area contributed by atoms with E-state index in [4.69, 9.17) is 28.8 Å². The summed E-state index contributed by atoms with van der Waals surface area (Å²) < 4.78 is 27.2. The molecule has 1 unspecified atom stereocenters. The highest BCUT2D eigenvalue weighted by Crippen LogP contribution is 2.40. The van der Waals surface area contributed by atoms with Gasteiger partial charge in [-0.05, 0) is 42.8 Å². The van der Waals surface area contributed by atoms with Crippen LogP contribution >= 0.6 is 0 Å². The number of Topliss-reactive ketones (excluding diaryl/α,β-unsaturated/α-hetero) is 1. The second-order valence-electron chi connectivity index (χ2n) is 7.00. The number of amides is 1. The molecule has 0 saturated carbocycles. The van der Waals surface area contributed by atoms with E-state index in [1.165, 1.54) is 21.3 Å².